The Hall–Kier alpha value is -3.26. The normalized spacial score (nSPS) is 13.9. The minimum absolute atomic E-state index is 0. The number of phenols is 1. The molecular formula is C26H37F3O5. The van der Waals surface area contributed by atoms with Crippen LogP contribution in [0, 0.1) is 0 Å². The summed E-state index contributed by atoms with van der Waals surface area (Å²) < 4.78 is 42.9. The number of phenolic OH excluding ortho intramolecular Hbond substituents is 1. The number of carbonyl (C=O) groups is 1. The summed E-state index contributed by atoms with van der Waals surface area (Å²) in [4.78, 5) is 8.90. The van der Waals surface area contributed by atoms with Crippen LogP contribution in [-0.2, 0) is 9.53 Å². The van der Waals surface area contributed by atoms with E-state index in [9.17, 15) is 13.2 Å². The number of alkyl halides is 3. The molecule has 0 aromatic heterocycles. The van der Waals surface area contributed by atoms with Crippen LogP contribution < -0.4 is 4.74 Å². The van der Waals surface area contributed by atoms with Crippen molar-refractivity contribution in [3.05, 3.63) is 72.8 Å². The lowest BCUT2D eigenvalue weighted by molar-refractivity contribution is -0.192. The zero-order valence-corrected chi connectivity index (χ0v) is 16.8. The fraction of sp³-hybridized carbons (Fsp3) is 0.346. The second-order valence-electron chi connectivity index (χ2n) is 6.29. The number of rotatable bonds is 4. The highest BCUT2D eigenvalue weighted by atomic mass is 19.4. The largest absolute Gasteiger partial charge is 0.508 e. The van der Waals surface area contributed by atoms with Crippen molar-refractivity contribution in [1.29, 1.82) is 0 Å². The molecule has 0 bridgehead atoms. The summed E-state index contributed by atoms with van der Waals surface area (Å²) in [5.41, 5.74) is 2.12. The van der Waals surface area contributed by atoms with Crippen molar-refractivity contribution in [1.82, 2.24) is 0 Å². The van der Waals surface area contributed by atoms with Gasteiger partial charge in [0.2, 0.25) is 0 Å². The maximum atomic E-state index is 10.6. The van der Waals surface area contributed by atoms with E-state index in [1.54, 1.807) is 18.2 Å². The van der Waals surface area contributed by atoms with Gasteiger partial charge in [-0.2, -0.15) is 13.2 Å². The third-order valence-electron chi connectivity index (χ3n) is 3.89. The van der Waals surface area contributed by atoms with Gasteiger partial charge in [-0.15, -0.1) is 0 Å². The first-order chi connectivity index (χ1) is 14.7. The van der Waals surface area contributed by atoms with Crippen LogP contribution in [0.15, 0.2) is 61.7 Å². The van der Waals surface area contributed by atoms with Gasteiger partial charge in [0.05, 0.1) is 6.61 Å². The zero-order valence-electron chi connectivity index (χ0n) is 16.8. The van der Waals surface area contributed by atoms with Crippen LogP contribution in [0.5, 0.6) is 11.5 Å². The van der Waals surface area contributed by atoms with Crippen LogP contribution in [0.3, 0.4) is 0 Å². The molecule has 0 amide bonds. The molecular weight excluding hydrogens is 449 g/mol. The number of benzene rings is 2. The molecule has 1 aliphatic rings. The summed E-state index contributed by atoms with van der Waals surface area (Å²) in [6, 6.07) is 14.8. The second-order valence-corrected chi connectivity index (χ2v) is 6.29. The molecule has 0 spiro atoms. The molecule has 0 aliphatic carbocycles. The van der Waals surface area contributed by atoms with Crippen molar-refractivity contribution in [2.24, 2.45) is 0 Å². The minimum Gasteiger partial charge on any atom is -0.508 e. The molecule has 192 valence electrons. The van der Waals surface area contributed by atoms with Gasteiger partial charge in [-0.05, 0) is 48.2 Å². The van der Waals surface area contributed by atoms with Gasteiger partial charge < -0.3 is 19.7 Å². The summed E-state index contributed by atoms with van der Waals surface area (Å²) in [5, 5.41) is 15.9. The molecule has 2 N–H and O–H groups in total. The number of carboxylic acids is 1. The quantitative estimate of drug-likeness (QED) is 0.461. The summed E-state index contributed by atoms with van der Waals surface area (Å²) >= 11 is 0. The monoisotopic (exact) mass is 486 g/mol. The van der Waals surface area contributed by atoms with Crippen molar-refractivity contribution in [2.75, 3.05) is 6.61 Å². The van der Waals surface area contributed by atoms with E-state index in [1.165, 1.54) is 6.42 Å². The Morgan fingerprint density at radius 2 is 1.38 bits per heavy atom. The second kappa shape index (κ2) is 18.2. The van der Waals surface area contributed by atoms with Crippen molar-refractivity contribution in [3.63, 3.8) is 0 Å². The third-order valence-corrected chi connectivity index (χ3v) is 3.89. The predicted octanol–water partition coefficient (Wildman–Crippen LogP) is 7.81. The van der Waals surface area contributed by atoms with Gasteiger partial charge in [0.15, 0.2) is 6.29 Å². The molecule has 34 heavy (non-hydrogen) atoms. The van der Waals surface area contributed by atoms with E-state index in [4.69, 9.17) is 24.5 Å². The molecule has 8 heteroatoms. The Morgan fingerprint density at radius 1 is 0.941 bits per heavy atom. The number of aromatic hydroxyl groups is 1. The average Bonchev–Trinajstić information content (AvgIpc) is 2.76. The minimum atomic E-state index is -5.08. The molecule has 1 aliphatic heterocycles. The molecule has 1 fully saturated rings. The summed E-state index contributed by atoms with van der Waals surface area (Å²) in [6.07, 6.45) is 1.74. The Bertz CT molecular complexity index is 810. The smallest absolute Gasteiger partial charge is 0.490 e. The van der Waals surface area contributed by atoms with E-state index in [-0.39, 0.29) is 28.6 Å². The molecule has 0 saturated carbocycles. The molecule has 1 atom stereocenters. The van der Waals surface area contributed by atoms with Gasteiger partial charge in [-0.3, -0.25) is 0 Å². The average molecular weight is 487 g/mol. The van der Waals surface area contributed by atoms with Gasteiger partial charge in [0, 0.05) is 6.42 Å². The van der Waals surface area contributed by atoms with Gasteiger partial charge >= 0.3 is 12.1 Å². The zero-order chi connectivity index (χ0) is 23.3. The fourth-order valence-corrected chi connectivity index (χ4v) is 2.25. The van der Waals surface area contributed by atoms with Crippen molar-refractivity contribution in [2.45, 2.75) is 54.0 Å². The van der Waals surface area contributed by atoms with Gasteiger partial charge in [-0.1, -0.05) is 71.9 Å². The van der Waals surface area contributed by atoms with E-state index in [1.807, 2.05) is 42.5 Å². The van der Waals surface area contributed by atoms with Gasteiger partial charge in [-0.25, -0.2) is 4.79 Å². The van der Waals surface area contributed by atoms with Crippen molar-refractivity contribution >= 4 is 18.1 Å². The molecule has 1 heterocycles. The van der Waals surface area contributed by atoms with Gasteiger partial charge in [0.25, 0.3) is 0 Å². The van der Waals surface area contributed by atoms with Crippen LogP contribution >= 0.6 is 0 Å². The molecule has 2 aromatic rings. The number of carboxylic acid groups (broad SMARTS) is 1. The number of halogens is 3. The first-order valence-corrected chi connectivity index (χ1v) is 9.38. The highest BCUT2D eigenvalue weighted by Gasteiger charge is 2.38. The lowest BCUT2D eigenvalue weighted by Gasteiger charge is -2.23. The van der Waals surface area contributed by atoms with Gasteiger partial charge in [0.1, 0.15) is 11.5 Å². The Morgan fingerprint density at radius 3 is 1.74 bits per heavy atom. The Balaban J connectivity index is -0.000000442. The van der Waals surface area contributed by atoms with E-state index in [0.717, 1.165) is 36.3 Å². The van der Waals surface area contributed by atoms with E-state index >= 15 is 0 Å². The third kappa shape index (κ3) is 14.7. The highest BCUT2D eigenvalue weighted by Crippen LogP contribution is 2.19. The molecule has 2 aromatic carbocycles. The fourth-order valence-electron chi connectivity index (χ4n) is 2.25. The van der Waals surface area contributed by atoms with Crippen LogP contribution in [0.2, 0.25) is 0 Å². The van der Waals surface area contributed by atoms with Crippen molar-refractivity contribution in [3.8, 4) is 11.5 Å². The summed E-state index contributed by atoms with van der Waals surface area (Å²) in [6.45, 7) is 8.10. The van der Waals surface area contributed by atoms with Crippen LogP contribution in [0.25, 0.3) is 12.2 Å². The Kier molecular flexibility index (Phi) is 18.9. The maximum absolute atomic E-state index is 10.6. The number of ether oxygens (including phenoxy) is 2. The van der Waals surface area contributed by atoms with Crippen LogP contribution in [-0.4, -0.2) is 35.3 Å². The summed E-state index contributed by atoms with van der Waals surface area (Å²) in [7, 11) is 0. The molecule has 1 saturated heterocycles. The van der Waals surface area contributed by atoms with E-state index in [0.29, 0.717) is 5.75 Å². The number of hydrogen-bond donors (Lipinski definition) is 2. The number of hydrogen-bond acceptors (Lipinski definition) is 4. The lowest BCUT2D eigenvalue weighted by Crippen LogP contribution is -2.24. The van der Waals surface area contributed by atoms with Crippen LogP contribution in [0.4, 0.5) is 13.2 Å². The molecule has 1 unspecified atom stereocenters. The summed E-state index contributed by atoms with van der Waals surface area (Å²) in [5.74, 6) is -1.60. The first kappa shape index (κ1) is 35.3. The predicted molar refractivity (Wildman–Crippen MR) is 133 cm³/mol. The maximum Gasteiger partial charge on any atom is 0.490 e. The van der Waals surface area contributed by atoms with Crippen molar-refractivity contribution < 1.29 is 37.7 Å². The standard InChI is InChI=1S/C13H16O2.C8H8O.C2HF3O2.3CH4/c1-2-11-6-8-12(9-7-11)15-13-5-3-4-10-14-13;1-2-7-3-5-8(9)6-4-7;3-2(4,5)1(6)7;;;/h2,6-9,13H,1,3-5,10H2;2-6,9H,1H2;(H,6,7);3*1H4. The van der Waals surface area contributed by atoms with E-state index < -0.39 is 12.1 Å². The topological polar surface area (TPSA) is 76.0 Å². The SMILES string of the molecule is C.C.C.C=Cc1ccc(O)cc1.C=Cc1ccc(OC2CCCCO2)cc1.O=C(O)C(F)(F)F. The molecule has 0 radical (unpaired) electrons. The molecule has 3 rings (SSSR count). The van der Waals surface area contributed by atoms with Crippen LogP contribution in [0.1, 0.15) is 52.7 Å². The Labute approximate surface area is 201 Å². The number of aliphatic carboxylic acids is 1. The lowest BCUT2D eigenvalue weighted by atomic mass is 10.2. The molecule has 5 nitrogen and oxygen atoms in total. The van der Waals surface area contributed by atoms with E-state index in [2.05, 4.69) is 13.2 Å². The first-order valence-electron chi connectivity index (χ1n) is 9.38. The highest BCUT2D eigenvalue weighted by molar-refractivity contribution is 5.73.